The van der Waals surface area contributed by atoms with E-state index in [4.69, 9.17) is 37.5 Å². The van der Waals surface area contributed by atoms with Gasteiger partial charge in [0.1, 0.15) is 7.11 Å². The summed E-state index contributed by atoms with van der Waals surface area (Å²) < 4.78 is 11.6. The molecule has 34 heavy (non-hydrogen) atoms. The van der Waals surface area contributed by atoms with Crippen LogP contribution in [-0.4, -0.2) is 78.5 Å². The number of esters is 2. The van der Waals surface area contributed by atoms with Crippen molar-refractivity contribution in [3.05, 3.63) is 46.0 Å². The minimum Gasteiger partial charge on any atom is -0.453 e. The number of halogens is 2. The number of ether oxygens (including phenoxy) is 2. The average molecular weight is 510 g/mol. The van der Waals surface area contributed by atoms with Crippen LogP contribution in [0.4, 0.5) is 0 Å². The molecule has 2 saturated heterocycles. The van der Waals surface area contributed by atoms with E-state index >= 15 is 0 Å². The van der Waals surface area contributed by atoms with E-state index in [1.165, 1.54) is 12.0 Å². The number of piperidine rings is 1. The highest BCUT2D eigenvalue weighted by atomic mass is 35.5. The maximum absolute atomic E-state index is 13.6. The van der Waals surface area contributed by atoms with E-state index in [1.54, 1.807) is 18.2 Å². The topological polar surface area (TPSA) is 97.7 Å². The van der Waals surface area contributed by atoms with Gasteiger partial charge >= 0.3 is 11.9 Å². The second kappa shape index (κ2) is 10.3. The van der Waals surface area contributed by atoms with E-state index in [1.807, 2.05) is 4.90 Å². The first-order valence-electron chi connectivity index (χ1n) is 11.0. The summed E-state index contributed by atoms with van der Waals surface area (Å²) in [4.78, 5) is 47.0. The monoisotopic (exact) mass is 509 g/mol. The van der Waals surface area contributed by atoms with Crippen molar-refractivity contribution in [2.45, 2.75) is 37.5 Å². The van der Waals surface area contributed by atoms with E-state index < -0.39 is 23.8 Å². The lowest BCUT2D eigenvalue weighted by Crippen LogP contribution is -2.69. The molecule has 2 fully saturated rings. The van der Waals surface area contributed by atoms with Gasteiger partial charge in [-0.15, -0.1) is 0 Å². The number of rotatable bonds is 5. The van der Waals surface area contributed by atoms with Crippen LogP contribution in [0.25, 0.3) is 0 Å². The van der Waals surface area contributed by atoms with Crippen LogP contribution in [-0.2, 0) is 35.1 Å². The average Bonchev–Trinajstić information content (AvgIpc) is 3.22. The maximum atomic E-state index is 13.6. The molecule has 3 heterocycles. The minimum atomic E-state index is -1.48. The molecule has 11 heteroatoms. The number of carbonyl (C=O) groups excluding carboxylic acids is 3. The molecule has 0 aromatic heterocycles. The molecule has 2 atom stereocenters. The van der Waals surface area contributed by atoms with E-state index in [0.29, 0.717) is 54.5 Å². The van der Waals surface area contributed by atoms with Gasteiger partial charge in [-0.05, 0) is 30.5 Å². The molecular formula is C23H25Cl2N3O6. The molecule has 0 saturated carbocycles. The van der Waals surface area contributed by atoms with Crippen LogP contribution in [0, 0.1) is 0 Å². The molecule has 1 aromatic rings. The van der Waals surface area contributed by atoms with Crippen molar-refractivity contribution < 1.29 is 28.7 Å². The van der Waals surface area contributed by atoms with Crippen molar-refractivity contribution >= 4 is 46.8 Å². The highest BCUT2D eigenvalue weighted by molar-refractivity contribution is 6.42. The third kappa shape index (κ3) is 5.21. The summed E-state index contributed by atoms with van der Waals surface area (Å²) in [6.07, 6.45) is 2.99. The lowest BCUT2D eigenvalue weighted by molar-refractivity contribution is -0.236. The number of carbonyl (C=O) groups is 3. The summed E-state index contributed by atoms with van der Waals surface area (Å²) in [7, 11) is 1.48. The van der Waals surface area contributed by atoms with Gasteiger partial charge in [0.25, 0.3) is 0 Å². The predicted molar refractivity (Wildman–Crippen MR) is 124 cm³/mol. The highest BCUT2D eigenvalue weighted by Gasteiger charge is 2.55. The third-order valence-corrected chi connectivity index (χ3v) is 6.87. The zero-order valence-corrected chi connectivity index (χ0v) is 20.2. The van der Waals surface area contributed by atoms with Gasteiger partial charge < -0.3 is 14.3 Å². The van der Waals surface area contributed by atoms with Gasteiger partial charge in [0.15, 0.2) is 6.10 Å². The summed E-state index contributed by atoms with van der Waals surface area (Å²) in [5.41, 5.74) is 0.0291. The van der Waals surface area contributed by atoms with Gasteiger partial charge in [-0.25, -0.2) is 9.59 Å². The lowest BCUT2D eigenvalue weighted by Gasteiger charge is -2.51. The van der Waals surface area contributed by atoms with Crippen molar-refractivity contribution in [2.24, 2.45) is 5.16 Å². The Hall–Kier alpha value is -2.62. The summed E-state index contributed by atoms with van der Waals surface area (Å²) in [6.45, 7) is 1.63. The Morgan fingerprint density at radius 2 is 2.00 bits per heavy atom. The minimum absolute atomic E-state index is 0.0169. The molecule has 0 N–H and O–H groups in total. The molecule has 1 amide bonds. The molecule has 9 nitrogen and oxygen atoms in total. The number of nitrogens with zero attached hydrogens (tertiary/aromatic N) is 3. The molecule has 0 spiro atoms. The Labute approximate surface area is 207 Å². The normalized spacial score (nSPS) is 27.4. The molecule has 182 valence electrons. The first kappa shape index (κ1) is 24.5. The van der Waals surface area contributed by atoms with Crippen LogP contribution in [0.5, 0.6) is 0 Å². The number of oxime groups is 1. The Kier molecular flexibility index (Phi) is 7.45. The van der Waals surface area contributed by atoms with Gasteiger partial charge in [-0.1, -0.05) is 34.4 Å². The summed E-state index contributed by atoms with van der Waals surface area (Å²) in [5.74, 6) is -1.63. The zero-order chi connectivity index (χ0) is 24.3. The van der Waals surface area contributed by atoms with Crippen molar-refractivity contribution in [1.29, 1.82) is 0 Å². The first-order chi connectivity index (χ1) is 16.3. The summed E-state index contributed by atoms with van der Waals surface area (Å²) in [5, 5.41) is 4.76. The summed E-state index contributed by atoms with van der Waals surface area (Å²) >= 11 is 12.1. The number of fused-ring (bicyclic) bond motifs is 1. The van der Waals surface area contributed by atoms with Crippen molar-refractivity contribution in [2.75, 3.05) is 33.3 Å². The van der Waals surface area contributed by atoms with Gasteiger partial charge in [0.2, 0.25) is 11.6 Å². The van der Waals surface area contributed by atoms with Gasteiger partial charge in [0.05, 0.1) is 28.7 Å². The zero-order valence-electron chi connectivity index (χ0n) is 18.7. The second-order valence-corrected chi connectivity index (χ2v) is 9.25. The van der Waals surface area contributed by atoms with Crippen LogP contribution < -0.4 is 0 Å². The van der Waals surface area contributed by atoms with Crippen molar-refractivity contribution in [3.8, 4) is 0 Å². The van der Waals surface area contributed by atoms with Crippen molar-refractivity contribution in [1.82, 2.24) is 9.80 Å². The van der Waals surface area contributed by atoms with E-state index in [9.17, 15) is 14.4 Å². The number of benzene rings is 1. The Balaban J connectivity index is 1.67. The van der Waals surface area contributed by atoms with Crippen LogP contribution in [0.3, 0.4) is 0 Å². The molecule has 0 aliphatic carbocycles. The quantitative estimate of drug-likeness (QED) is 0.444. The first-order valence-corrected chi connectivity index (χ1v) is 11.7. The number of hydrogen-bond acceptors (Lipinski definition) is 8. The van der Waals surface area contributed by atoms with Crippen LogP contribution in [0.2, 0.25) is 10.0 Å². The molecule has 2 unspecified atom stereocenters. The fourth-order valence-electron chi connectivity index (χ4n) is 4.66. The molecule has 1 aromatic carbocycles. The predicted octanol–water partition coefficient (Wildman–Crippen LogP) is 2.59. The third-order valence-electron chi connectivity index (χ3n) is 6.13. The standard InChI is InChI=1S/C23H25Cl2N3O6/c1-32-26-16-8-10-27(13-16)14-23-19(33-21(30)6-7-22(31)34-23)3-2-9-28(23)20(29)12-15-4-5-17(24)18(25)11-15/h4-7,11,19H,2-3,8-10,12-14H2,1H3/b7-6+,26-16+. The van der Waals surface area contributed by atoms with Gasteiger partial charge in [-0.2, -0.15) is 0 Å². The Bertz CT molecular complexity index is 1050. The number of amides is 1. The smallest absolute Gasteiger partial charge is 0.333 e. The SMILES string of the molecule is CO/N=C1\CCN(CC23OC(=O)/C=C/C(=O)OC2CCCN3C(=O)Cc2ccc(Cl)c(Cl)c2)C1. The fraction of sp³-hybridized carbons (Fsp3) is 0.478. The van der Waals surface area contributed by atoms with E-state index in [2.05, 4.69) is 5.16 Å². The van der Waals surface area contributed by atoms with E-state index in [-0.39, 0.29) is 18.9 Å². The molecule has 0 radical (unpaired) electrons. The van der Waals surface area contributed by atoms with Crippen LogP contribution >= 0.6 is 23.2 Å². The molecule has 0 bridgehead atoms. The van der Waals surface area contributed by atoms with Gasteiger partial charge in [0, 0.05) is 38.2 Å². The van der Waals surface area contributed by atoms with Crippen LogP contribution in [0.15, 0.2) is 35.5 Å². The fourth-order valence-corrected chi connectivity index (χ4v) is 4.98. The Morgan fingerprint density at radius 3 is 2.76 bits per heavy atom. The second-order valence-electron chi connectivity index (χ2n) is 8.44. The largest absolute Gasteiger partial charge is 0.453 e. The molecule has 3 aliphatic heterocycles. The number of hydrogen-bond donors (Lipinski definition) is 0. The van der Waals surface area contributed by atoms with E-state index in [0.717, 1.165) is 17.9 Å². The number of likely N-dealkylation sites (tertiary alicyclic amines) is 2. The van der Waals surface area contributed by atoms with Gasteiger partial charge in [-0.3, -0.25) is 14.6 Å². The maximum Gasteiger partial charge on any atom is 0.333 e. The summed E-state index contributed by atoms with van der Waals surface area (Å²) in [6, 6.07) is 4.99. The molecule has 4 rings (SSSR count). The van der Waals surface area contributed by atoms with Crippen molar-refractivity contribution in [3.63, 3.8) is 0 Å². The molecular weight excluding hydrogens is 485 g/mol. The Morgan fingerprint density at radius 1 is 1.21 bits per heavy atom. The highest BCUT2D eigenvalue weighted by Crippen LogP contribution is 2.36. The molecule has 3 aliphatic rings. The lowest BCUT2D eigenvalue weighted by atomic mass is 9.92. The van der Waals surface area contributed by atoms with Crippen LogP contribution in [0.1, 0.15) is 24.8 Å².